The lowest BCUT2D eigenvalue weighted by molar-refractivity contribution is -0.114. The van der Waals surface area contributed by atoms with E-state index in [9.17, 15) is 4.79 Å². The normalized spacial score (nSPS) is 16.8. The van der Waals surface area contributed by atoms with Crippen LogP contribution in [-0.2, 0) is 14.1 Å². The molecule has 0 spiro atoms. The van der Waals surface area contributed by atoms with Crippen LogP contribution in [-0.4, -0.2) is 37.2 Å². The zero-order valence-corrected chi connectivity index (χ0v) is 11.1. The highest BCUT2D eigenvalue weighted by atomic mass is 31.0. The average molecular weight is 258 g/mol. The van der Waals surface area contributed by atoms with Gasteiger partial charge in [0.15, 0.2) is 0 Å². The minimum atomic E-state index is -0.365. The number of carbonyl (C=O) groups is 1. The van der Waals surface area contributed by atoms with Crippen molar-refractivity contribution in [2.75, 3.05) is 20.3 Å². The quantitative estimate of drug-likeness (QED) is 0.686. The number of rotatable bonds is 7. The van der Waals surface area contributed by atoms with E-state index in [1.165, 1.54) is 0 Å². The first-order valence-corrected chi connectivity index (χ1v) is 5.92. The smallest absolute Gasteiger partial charge is 0.246 e. The molecule has 2 atom stereocenters. The number of nitrogens with two attached hydrogens (primary N) is 1. The largest absolute Gasteiger partial charge is 0.379 e. The summed E-state index contributed by atoms with van der Waals surface area (Å²) in [7, 11) is 3.87. The minimum absolute atomic E-state index is 0.0493. The Morgan fingerprint density at radius 3 is 3.06 bits per heavy atom. The summed E-state index contributed by atoms with van der Waals surface area (Å²) in [6, 6.07) is 0. The number of hydrogen-bond donors (Lipinski definition) is 1. The van der Waals surface area contributed by atoms with E-state index >= 15 is 0 Å². The van der Waals surface area contributed by atoms with E-state index in [1.54, 1.807) is 13.3 Å². The summed E-state index contributed by atoms with van der Waals surface area (Å²) in [5, 5.41) is 0. The van der Waals surface area contributed by atoms with Crippen LogP contribution in [0.25, 0.3) is 0 Å². The van der Waals surface area contributed by atoms with Gasteiger partial charge in [-0.1, -0.05) is 6.08 Å². The Bertz CT molecular complexity index is 318. The van der Waals surface area contributed by atoms with Crippen molar-refractivity contribution in [2.45, 2.75) is 18.9 Å². The number of carbonyl (C=O) groups excluding carboxylic acids is 1. The molecule has 96 valence electrons. The molecule has 0 aromatic carbocycles. The minimum Gasteiger partial charge on any atom is -0.379 e. The number of primary amides is 1. The summed E-state index contributed by atoms with van der Waals surface area (Å²) in [4.78, 5) is 13.0. The lowest BCUT2D eigenvalue weighted by Crippen LogP contribution is -2.25. The van der Waals surface area contributed by atoms with Crippen LogP contribution in [0.4, 0.5) is 0 Å². The summed E-state index contributed by atoms with van der Waals surface area (Å²) in [6.07, 6.45) is 7.13. The molecule has 0 fully saturated rings. The molecular formula is C11H19N2O3P. The zero-order chi connectivity index (χ0) is 12.7. The molecule has 0 aromatic heterocycles. The van der Waals surface area contributed by atoms with Crippen molar-refractivity contribution in [3.63, 3.8) is 0 Å². The molecule has 0 saturated carbocycles. The fourth-order valence-corrected chi connectivity index (χ4v) is 1.80. The molecule has 1 rings (SSSR count). The van der Waals surface area contributed by atoms with E-state index in [0.717, 1.165) is 13.0 Å². The average Bonchev–Trinajstić information content (AvgIpc) is 2.34. The van der Waals surface area contributed by atoms with Crippen molar-refractivity contribution in [3.8, 4) is 0 Å². The summed E-state index contributed by atoms with van der Waals surface area (Å²) >= 11 is 0. The third-order valence-electron chi connectivity index (χ3n) is 2.60. The number of hydrogen-bond acceptors (Lipinski definition) is 4. The van der Waals surface area contributed by atoms with Gasteiger partial charge in [0.25, 0.3) is 0 Å². The molecule has 1 aliphatic heterocycles. The van der Waals surface area contributed by atoms with Crippen LogP contribution < -0.4 is 5.73 Å². The van der Waals surface area contributed by atoms with Crippen molar-refractivity contribution in [3.05, 3.63) is 24.0 Å². The van der Waals surface area contributed by atoms with Crippen LogP contribution in [0.3, 0.4) is 0 Å². The summed E-state index contributed by atoms with van der Waals surface area (Å²) in [5.41, 5.74) is 5.87. The van der Waals surface area contributed by atoms with E-state index in [1.807, 2.05) is 17.2 Å². The second-order valence-electron chi connectivity index (χ2n) is 3.83. The van der Waals surface area contributed by atoms with Crippen LogP contribution in [0.2, 0.25) is 0 Å². The Balaban J connectivity index is 2.43. The van der Waals surface area contributed by atoms with Crippen molar-refractivity contribution in [2.24, 2.45) is 5.73 Å². The second-order valence-corrected chi connectivity index (χ2v) is 4.16. The van der Waals surface area contributed by atoms with Crippen molar-refractivity contribution >= 4 is 15.4 Å². The van der Waals surface area contributed by atoms with Gasteiger partial charge in [-0.3, -0.25) is 4.79 Å². The molecule has 0 radical (unpaired) electrons. The molecule has 17 heavy (non-hydrogen) atoms. The number of allylic oxidation sites excluding steroid dienone is 1. The molecule has 6 heteroatoms. The van der Waals surface area contributed by atoms with Crippen molar-refractivity contribution in [1.29, 1.82) is 0 Å². The van der Waals surface area contributed by atoms with Crippen LogP contribution >= 0.6 is 9.47 Å². The monoisotopic (exact) mass is 258 g/mol. The predicted molar refractivity (Wildman–Crippen MR) is 68.8 cm³/mol. The molecule has 2 N–H and O–H groups in total. The number of amides is 1. The first kappa shape index (κ1) is 14.2. The lowest BCUT2D eigenvalue weighted by Gasteiger charge is -2.22. The Hall–Kier alpha value is -0.900. The number of nitrogens with zero attached hydrogens (tertiary/aromatic N) is 1. The van der Waals surface area contributed by atoms with Gasteiger partial charge in [0.2, 0.25) is 5.91 Å². The van der Waals surface area contributed by atoms with Crippen LogP contribution in [0.5, 0.6) is 0 Å². The van der Waals surface area contributed by atoms with Gasteiger partial charge < -0.3 is 19.9 Å². The molecule has 0 saturated heterocycles. The van der Waals surface area contributed by atoms with E-state index < -0.39 is 0 Å². The maximum atomic E-state index is 11.0. The molecule has 5 nitrogen and oxygen atoms in total. The van der Waals surface area contributed by atoms with E-state index in [0.29, 0.717) is 18.6 Å². The first-order chi connectivity index (χ1) is 8.17. The maximum absolute atomic E-state index is 11.0. The highest BCUT2D eigenvalue weighted by Gasteiger charge is 2.12. The molecular weight excluding hydrogens is 239 g/mol. The van der Waals surface area contributed by atoms with Crippen LogP contribution in [0, 0.1) is 0 Å². The third-order valence-corrected chi connectivity index (χ3v) is 2.79. The van der Waals surface area contributed by atoms with Gasteiger partial charge in [-0.05, 0) is 19.0 Å². The standard InChI is InChI=1S/C11H19N2O3P/c1-15-10(8-16-17)4-6-13-5-2-3-9(7-13)11(12)14/h2,5,7,10H,3-4,6,8,17H2,1H3,(H2,12,14). The highest BCUT2D eigenvalue weighted by Crippen LogP contribution is 2.13. The molecule has 0 bridgehead atoms. The molecule has 2 unspecified atom stereocenters. The summed E-state index contributed by atoms with van der Waals surface area (Å²) < 4.78 is 10.2. The molecule has 0 aromatic rings. The fraction of sp³-hybridized carbons (Fsp3) is 0.545. The maximum Gasteiger partial charge on any atom is 0.246 e. The highest BCUT2D eigenvalue weighted by molar-refractivity contribution is 7.09. The van der Waals surface area contributed by atoms with E-state index in [-0.39, 0.29) is 12.0 Å². The van der Waals surface area contributed by atoms with Gasteiger partial charge >= 0.3 is 0 Å². The van der Waals surface area contributed by atoms with Gasteiger partial charge in [0.1, 0.15) is 0 Å². The Labute approximate surface area is 104 Å². The number of methoxy groups -OCH3 is 1. The summed E-state index contributed by atoms with van der Waals surface area (Å²) in [5.74, 6) is -0.365. The zero-order valence-electron chi connectivity index (χ0n) is 9.96. The SMILES string of the molecule is COC(CCN1C=CCC(C(N)=O)=C1)COP. The first-order valence-electron chi connectivity index (χ1n) is 5.44. The van der Waals surface area contributed by atoms with Crippen LogP contribution in [0.1, 0.15) is 12.8 Å². The van der Waals surface area contributed by atoms with Crippen molar-refractivity contribution in [1.82, 2.24) is 4.90 Å². The van der Waals surface area contributed by atoms with E-state index in [2.05, 4.69) is 9.47 Å². The molecule has 1 aliphatic rings. The fourth-order valence-electron chi connectivity index (χ4n) is 1.58. The van der Waals surface area contributed by atoms with Gasteiger partial charge in [0, 0.05) is 34.9 Å². The van der Waals surface area contributed by atoms with E-state index in [4.69, 9.17) is 15.0 Å². The topological polar surface area (TPSA) is 64.8 Å². The van der Waals surface area contributed by atoms with Gasteiger partial charge in [-0.15, -0.1) is 0 Å². The summed E-state index contributed by atoms with van der Waals surface area (Å²) in [6.45, 7) is 1.30. The number of ether oxygens (including phenoxy) is 1. The van der Waals surface area contributed by atoms with Gasteiger partial charge in [-0.25, -0.2) is 0 Å². The van der Waals surface area contributed by atoms with Gasteiger partial charge in [0.05, 0.1) is 12.7 Å². The molecule has 1 heterocycles. The van der Waals surface area contributed by atoms with Crippen molar-refractivity contribution < 1.29 is 14.1 Å². The Morgan fingerprint density at radius 1 is 1.71 bits per heavy atom. The van der Waals surface area contributed by atoms with Gasteiger partial charge in [-0.2, -0.15) is 0 Å². The predicted octanol–water partition coefficient (Wildman–Crippen LogP) is 0.787. The second kappa shape index (κ2) is 7.43. The lowest BCUT2D eigenvalue weighted by atomic mass is 10.1. The molecule has 1 amide bonds. The van der Waals surface area contributed by atoms with Crippen LogP contribution in [0.15, 0.2) is 24.0 Å². The third kappa shape index (κ3) is 4.86. The molecule has 0 aliphatic carbocycles. The Kier molecular flexibility index (Phi) is 6.19. The Morgan fingerprint density at radius 2 is 2.47 bits per heavy atom.